The van der Waals surface area contributed by atoms with Crippen LogP contribution in [-0.4, -0.2) is 36.9 Å². The molecule has 0 aliphatic carbocycles. The fraction of sp³-hybridized carbons (Fsp3) is 0.467. The standard InChI is InChI=1S/C15H21N5OS/c1-11(13(21)16-15(2,3)4)22-14-17-18-19-20(14)10-12-8-6-5-7-9-12/h5-9,11H,10H2,1-4H3,(H,16,21)/t11-/m1/s1. The van der Waals surface area contributed by atoms with Gasteiger partial charge < -0.3 is 5.32 Å². The van der Waals surface area contributed by atoms with Gasteiger partial charge in [-0.1, -0.05) is 42.1 Å². The van der Waals surface area contributed by atoms with E-state index in [1.165, 1.54) is 11.8 Å². The molecule has 0 spiro atoms. The lowest BCUT2D eigenvalue weighted by molar-refractivity contribution is -0.121. The van der Waals surface area contributed by atoms with Gasteiger partial charge in [-0.05, 0) is 43.7 Å². The third kappa shape index (κ3) is 4.84. The minimum absolute atomic E-state index is 0.0215. The predicted molar refractivity (Wildman–Crippen MR) is 86.6 cm³/mol. The van der Waals surface area contributed by atoms with Gasteiger partial charge in [0.15, 0.2) is 0 Å². The molecular weight excluding hydrogens is 298 g/mol. The van der Waals surface area contributed by atoms with Gasteiger partial charge in [0.05, 0.1) is 11.8 Å². The number of amides is 1. The van der Waals surface area contributed by atoms with Crippen molar-refractivity contribution in [1.82, 2.24) is 25.5 Å². The summed E-state index contributed by atoms with van der Waals surface area (Å²) in [5, 5.41) is 15.1. The van der Waals surface area contributed by atoms with Crippen LogP contribution in [-0.2, 0) is 11.3 Å². The number of thioether (sulfide) groups is 1. The Hall–Kier alpha value is -1.89. The maximum Gasteiger partial charge on any atom is 0.233 e. The summed E-state index contributed by atoms with van der Waals surface area (Å²) >= 11 is 1.36. The van der Waals surface area contributed by atoms with Crippen LogP contribution in [0.1, 0.15) is 33.3 Å². The van der Waals surface area contributed by atoms with E-state index in [0.29, 0.717) is 11.7 Å². The SMILES string of the molecule is C[C@@H](Sc1nnnn1Cc1ccccc1)C(=O)NC(C)(C)C. The Morgan fingerprint density at radius 3 is 2.64 bits per heavy atom. The summed E-state index contributed by atoms with van der Waals surface area (Å²) in [6.45, 7) is 8.32. The van der Waals surface area contributed by atoms with E-state index < -0.39 is 0 Å². The maximum atomic E-state index is 12.1. The molecule has 6 nitrogen and oxygen atoms in total. The molecule has 1 aromatic carbocycles. The Labute approximate surface area is 134 Å². The highest BCUT2D eigenvalue weighted by Crippen LogP contribution is 2.21. The molecule has 0 aliphatic rings. The number of hydrogen-bond acceptors (Lipinski definition) is 5. The average Bonchev–Trinajstić information content (AvgIpc) is 2.85. The molecule has 0 radical (unpaired) electrons. The molecule has 0 unspecified atom stereocenters. The van der Waals surface area contributed by atoms with Gasteiger partial charge in [-0.15, -0.1) is 5.10 Å². The van der Waals surface area contributed by atoms with Crippen molar-refractivity contribution in [2.24, 2.45) is 0 Å². The van der Waals surface area contributed by atoms with Gasteiger partial charge in [-0.2, -0.15) is 0 Å². The third-order valence-corrected chi connectivity index (χ3v) is 3.89. The van der Waals surface area contributed by atoms with Crippen molar-refractivity contribution in [3.05, 3.63) is 35.9 Å². The number of aromatic nitrogens is 4. The number of nitrogens with one attached hydrogen (secondary N) is 1. The minimum atomic E-state index is -0.264. The van der Waals surface area contributed by atoms with Crippen LogP contribution in [0.2, 0.25) is 0 Å². The average molecular weight is 319 g/mol. The van der Waals surface area contributed by atoms with Crippen LogP contribution in [0, 0.1) is 0 Å². The number of carbonyl (C=O) groups excluding carboxylic acids is 1. The van der Waals surface area contributed by atoms with E-state index in [2.05, 4.69) is 20.8 Å². The van der Waals surface area contributed by atoms with Gasteiger partial charge in [-0.25, -0.2) is 4.68 Å². The number of rotatable bonds is 5. The van der Waals surface area contributed by atoms with Crippen LogP contribution >= 0.6 is 11.8 Å². The summed E-state index contributed by atoms with van der Waals surface area (Å²) in [5.74, 6) is -0.0215. The molecular formula is C15H21N5OS. The van der Waals surface area contributed by atoms with Gasteiger partial charge in [0, 0.05) is 5.54 Å². The van der Waals surface area contributed by atoms with E-state index in [1.807, 2.05) is 58.0 Å². The van der Waals surface area contributed by atoms with Gasteiger partial charge in [0.2, 0.25) is 11.1 Å². The second-order valence-electron chi connectivity index (χ2n) is 6.10. The van der Waals surface area contributed by atoms with Gasteiger partial charge >= 0.3 is 0 Å². The number of benzene rings is 1. The smallest absolute Gasteiger partial charge is 0.233 e. The lowest BCUT2D eigenvalue weighted by Gasteiger charge is -2.22. The Bertz CT molecular complexity index is 620. The number of hydrogen-bond donors (Lipinski definition) is 1. The van der Waals surface area contributed by atoms with Crippen molar-refractivity contribution in [1.29, 1.82) is 0 Å². The van der Waals surface area contributed by atoms with Crippen molar-refractivity contribution < 1.29 is 4.79 Å². The third-order valence-electron chi connectivity index (χ3n) is 2.82. The van der Waals surface area contributed by atoms with Crippen molar-refractivity contribution in [2.75, 3.05) is 0 Å². The van der Waals surface area contributed by atoms with Gasteiger partial charge in [0.1, 0.15) is 0 Å². The molecule has 1 atom stereocenters. The van der Waals surface area contributed by atoms with E-state index in [9.17, 15) is 4.79 Å². The molecule has 0 aliphatic heterocycles. The monoisotopic (exact) mass is 319 g/mol. The number of tetrazole rings is 1. The Morgan fingerprint density at radius 1 is 1.32 bits per heavy atom. The van der Waals surface area contributed by atoms with Crippen LogP contribution in [0.5, 0.6) is 0 Å². The summed E-state index contributed by atoms with van der Waals surface area (Å²) < 4.78 is 1.71. The van der Waals surface area contributed by atoms with E-state index >= 15 is 0 Å². The first-order valence-corrected chi connectivity index (χ1v) is 8.02. The largest absolute Gasteiger partial charge is 0.351 e. The summed E-state index contributed by atoms with van der Waals surface area (Å²) in [6.07, 6.45) is 0. The Morgan fingerprint density at radius 2 is 2.00 bits per heavy atom. The lowest BCUT2D eigenvalue weighted by atomic mass is 10.1. The van der Waals surface area contributed by atoms with Crippen molar-refractivity contribution >= 4 is 17.7 Å². The molecule has 22 heavy (non-hydrogen) atoms. The zero-order valence-corrected chi connectivity index (χ0v) is 14.1. The van der Waals surface area contributed by atoms with Gasteiger partial charge in [-0.3, -0.25) is 4.79 Å². The second kappa shape index (κ2) is 6.91. The fourth-order valence-corrected chi connectivity index (χ4v) is 2.61. The molecule has 2 rings (SSSR count). The van der Waals surface area contributed by atoms with Crippen LogP contribution in [0.4, 0.5) is 0 Å². The first-order chi connectivity index (χ1) is 10.3. The quantitative estimate of drug-likeness (QED) is 0.855. The van der Waals surface area contributed by atoms with E-state index in [4.69, 9.17) is 0 Å². The molecule has 118 valence electrons. The zero-order valence-electron chi connectivity index (χ0n) is 13.3. The molecule has 2 aromatic rings. The molecule has 0 bridgehead atoms. The van der Waals surface area contributed by atoms with Crippen molar-refractivity contribution in [2.45, 2.75) is 50.2 Å². The Kier molecular flexibility index (Phi) is 5.18. The topological polar surface area (TPSA) is 72.7 Å². The second-order valence-corrected chi connectivity index (χ2v) is 7.41. The first kappa shape index (κ1) is 16.5. The molecule has 7 heteroatoms. The fourth-order valence-electron chi connectivity index (χ4n) is 1.82. The van der Waals surface area contributed by atoms with E-state index in [1.54, 1.807) is 4.68 Å². The first-order valence-electron chi connectivity index (χ1n) is 7.14. The van der Waals surface area contributed by atoms with Crippen LogP contribution in [0.15, 0.2) is 35.5 Å². The molecule has 1 amide bonds. The van der Waals surface area contributed by atoms with Crippen LogP contribution in [0.25, 0.3) is 0 Å². The summed E-state index contributed by atoms with van der Waals surface area (Å²) in [6, 6.07) is 9.97. The van der Waals surface area contributed by atoms with Crippen LogP contribution in [0.3, 0.4) is 0 Å². The highest BCUT2D eigenvalue weighted by atomic mass is 32.2. The zero-order chi connectivity index (χ0) is 16.2. The molecule has 0 saturated carbocycles. The van der Waals surface area contributed by atoms with Crippen molar-refractivity contribution in [3.8, 4) is 0 Å². The lowest BCUT2D eigenvalue weighted by Crippen LogP contribution is -2.44. The maximum absolute atomic E-state index is 12.1. The number of carbonyl (C=O) groups is 1. The molecule has 0 fully saturated rings. The summed E-state index contributed by atoms with van der Waals surface area (Å²) in [7, 11) is 0. The molecule has 1 aromatic heterocycles. The van der Waals surface area contributed by atoms with Crippen LogP contribution < -0.4 is 5.32 Å². The summed E-state index contributed by atoms with van der Waals surface area (Å²) in [5.41, 5.74) is 0.866. The molecule has 1 heterocycles. The highest BCUT2D eigenvalue weighted by molar-refractivity contribution is 8.00. The van der Waals surface area contributed by atoms with Crippen molar-refractivity contribution in [3.63, 3.8) is 0 Å². The molecule has 0 saturated heterocycles. The van der Waals surface area contributed by atoms with Gasteiger partial charge in [0.25, 0.3) is 0 Å². The van der Waals surface area contributed by atoms with E-state index in [-0.39, 0.29) is 16.7 Å². The normalized spacial score (nSPS) is 12.9. The van der Waals surface area contributed by atoms with E-state index in [0.717, 1.165) is 5.56 Å². The highest BCUT2D eigenvalue weighted by Gasteiger charge is 2.22. The minimum Gasteiger partial charge on any atom is -0.351 e. The predicted octanol–water partition coefficient (Wildman–Crippen LogP) is 2.12. The summed E-state index contributed by atoms with van der Waals surface area (Å²) in [4.78, 5) is 12.1. The Balaban J connectivity index is 2.02. The molecule has 1 N–H and O–H groups in total. The number of nitrogens with zero attached hydrogens (tertiary/aromatic N) is 4.